The third kappa shape index (κ3) is 4.38. The summed E-state index contributed by atoms with van der Waals surface area (Å²) in [5.41, 5.74) is 0. The molecule has 0 N–H and O–H groups in total. The minimum absolute atomic E-state index is 0.120. The van der Waals surface area contributed by atoms with Crippen molar-refractivity contribution >= 4 is 0 Å². The molecule has 4 unspecified atom stereocenters. The Balaban J connectivity index is 1.87. The van der Waals surface area contributed by atoms with Crippen LogP contribution in [0.5, 0.6) is 0 Å². The molecule has 0 amide bonds. The Morgan fingerprint density at radius 1 is 0.750 bits per heavy atom. The third-order valence-corrected chi connectivity index (χ3v) is 3.33. The van der Waals surface area contributed by atoms with Gasteiger partial charge in [0.2, 0.25) is 0 Å². The van der Waals surface area contributed by atoms with E-state index in [4.69, 9.17) is 28.4 Å². The highest BCUT2D eigenvalue weighted by molar-refractivity contribution is 4.89. The number of rotatable bonds is 7. The van der Waals surface area contributed by atoms with Crippen LogP contribution in [0.3, 0.4) is 0 Å². The van der Waals surface area contributed by atoms with Gasteiger partial charge in [0, 0.05) is 0 Å². The van der Waals surface area contributed by atoms with Crippen molar-refractivity contribution < 1.29 is 28.4 Å². The van der Waals surface area contributed by atoms with Crippen LogP contribution in [0.2, 0.25) is 0 Å². The maximum Gasteiger partial charge on any atom is 0.147 e. The van der Waals surface area contributed by atoms with Gasteiger partial charge in [-0.05, 0) is 27.7 Å². The topological polar surface area (TPSA) is 55.4 Å². The van der Waals surface area contributed by atoms with Gasteiger partial charge in [-0.25, -0.2) is 0 Å². The molecule has 2 aliphatic rings. The largest absolute Gasteiger partial charge is 0.376 e. The van der Waals surface area contributed by atoms with Gasteiger partial charge in [-0.3, -0.25) is 0 Å². The molecule has 0 aliphatic carbocycles. The lowest BCUT2D eigenvalue weighted by Gasteiger charge is -2.26. The van der Waals surface area contributed by atoms with Crippen LogP contribution in [0, 0.1) is 0 Å². The summed E-state index contributed by atoms with van der Waals surface area (Å²) < 4.78 is 33.7. The SMILES string of the molecule is CC(C)OCC1OCOC1C1OCOC1COC(C)C. The molecule has 2 heterocycles. The van der Waals surface area contributed by atoms with Crippen molar-refractivity contribution in [2.45, 2.75) is 64.3 Å². The molecule has 2 saturated heterocycles. The van der Waals surface area contributed by atoms with E-state index < -0.39 is 0 Å². The van der Waals surface area contributed by atoms with E-state index in [0.717, 1.165) is 0 Å². The second-order valence-electron chi connectivity index (χ2n) is 5.67. The Hall–Kier alpha value is -0.240. The predicted molar refractivity (Wildman–Crippen MR) is 71.4 cm³/mol. The van der Waals surface area contributed by atoms with E-state index in [0.29, 0.717) is 13.2 Å². The van der Waals surface area contributed by atoms with Crippen LogP contribution >= 0.6 is 0 Å². The van der Waals surface area contributed by atoms with Crippen LogP contribution in [-0.2, 0) is 28.4 Å². The quantitative estimate of drug-likeness (QED) is 0.705. The molecule has 2 rings (SSSR count). The molecule has 2 aliphatic heterocycles. The Labute approximate surface area is 120 Å². The van der Waals surface area contributed by atoms with Gasteiger partial charge in [-0.15, -0.1) is 0 Å². The molecular formula is C14H26O6. The molecule has 6 nitrogen and oxygen atoms in total. The fraction of sp³-hybridized carbons (Fsp3) is 1.00. The molecule has 20 heavy (non-hydrogen) atoms. The van der Waals surface area contributed by atoms with Gasteiger partial charge in [0.05, 0.1) is 25.4 Å². The number of hydrogen-bond donors (Lipinski definition) is 0. The summed E-state index contributed by atoms with van der Waals surface area (Å²) >= 11 is 0. The maximum absolute atomic E-state index is 5.66. The molecular weight excluding hydrogens is 264 g/mol. The second kappa shape index (κ2) is 7.68. The summed E-state index contributed by atoms with van der Waals surface area (Å²) in [6.07, 6.45) is -0.244. The van der Waals surface area contributed by atoms with E-state index in [1.807, 2.05) is 27.7 Å². The first kappa shape index (κ1) is 16.1. The molecule has 4 atom stereocenters. The van der Waals surface area contributed by atoms with E-state index in [-0.39, 0.29) is 50.2 Å². The highest BCUT2D eigenvalue weighted by atomic mass is 16.8. The lowest BCUT2D eigenvalue weighted by atomic mass is 10.0. The summed E-state index contributed by atoms with van der Waals surface area (Å²) in [4.78, 5) is 0. The minimum atomic E-state index is -0.169. The Morgan fingerprint density at radius 3 is 1.50 bits per heavy atom. The van der Waals surface area contributed by atoms with Gasteiger partial charge in [-0.2, -0.15) is 0 Å². The van der Waals surface area contributed by atoms with Gasteiger partial charge < -0.3 is 28.4 Å². The zero-order valence-corrected chi connectivity index (χ0v) is 12.7. The van der Waals surface area contributed by atoms with Crippen molar-refractivity contribution in [3.05, 3.63) is 0 Å². The van der Waals surface area contributed by atoms with Crippen LogP contribution in [-0.4, -0.2) is 63.4 Å². The molecule has 0 spiro atoms. The van der Waals surface area contributed by atoms with Crippen LogP contribution in [0.1, 0.15) is 27.7 Å². The van der Waals surface area contributed by atoms with E-state index in [1.54, 1.807) is 0 Å². The van der Waals surface area contributed by atoms with Crippen molar-refractivity contribution in [1.29, 1.82) is 0 Å². The van der Waals surface area contributed by atoms with Gasteiger partial charge in [0.15, 0.2) is 0 Å². The molecule has 0 aromatic heterocycles. The molecule has 2 fully saturated rings. The predicted octanol–water partition coefficient (Wildman–Crippen LogP) is 1.32. The summed E-state index contributed by atoms with van der Waals surface area (Å²) in [5.74, 6) is 0. The first-order valence-corrected chi connectivity index (χ1v) is 7.27. The molecule has 118 valence electrons. The Bertz CT molecular complexity index is 255. The molecule has 0 bridgehead atoms. The molecule has 0 aromatic carbocycles. The first-order valence-electron chi connectivity index (χ1n) is 7.27. The van der Waals surface area contributed by atoms with Crippen molar-refractivity contribution in [3.8, 4) is 0 Å². The van der Waals surface area contributed by atoms with E-state index in [1.165, 1.54) is 0 Å². The number of hydrogen-bond acceptors (Lipinski definition) is 6. The Kier molecular flexibility index (Phi) is 6.20. The minimum Gasteiger partial charge on any atom is -0.376 e. The zero-order valence-electron chi connectivity index (χ0n) is 12.7. The highest BCUT2D eigenvalue weighted by Gasteiger charge is 2.44. The summed E-state index contributed by atoms with van der Waals surface area (Å²) in [7, 11) is 0. The molecule has 6 heteroatoms. The average Bonchev–Trinajstić information content (AvgIpc) is 3.01. The third-order valence-electron chi connectivity index (χ3n) is 3.33. The van der Waals surface area contributed by atoms with Gasteiger partial charge in [-0.1, -0.05) is 0 Å². The molecule has 0 aromatic rings. The van der Waals surface area contributed by atoms with E-state index in [9.17, 15) is 0 Å². The second-order valence-corrected chi connectivity index (χ2v) is 5.67. The fourth-order valence-electron chi connectivity index (χ4n) is 2.29. The average molecular weight is 290 g/mol. The zero-order chi connectivity index (χ0) is 14.5. The fourth-order valence-corrected chi connectivity index (χ4v) is 2.29. The lowest BCUT2D eigenvalue weighted by molar-refractivity contribution is -0.0574. The standard InChI is InChI=1S/C14H26O6/c1-9(2)15-5-11-13(19-7-17-11)14-12(18-8-20-14)6-16-10(3)4/h9-14H,5-8H2,1-4H3. The summed E-state index contributed by atoms with van der Waals surface area (Å²) in [6.45, 7) is 9.54. The smallest absolute Gasteiger partial charge is 0.147 e. The van der Waals surface area contributed by atoms with E-state index >= 15 is 0 Å². The van der Waals surface area contributed by atoms with Crippen LogP contribution in [0.4, 0.5) is 0 Å². The van der Waals surface area contributed by atoms with Crippen molar-refractivity contribution in [2.24, 2.45) is 0 Å². The normalized spacial score (nSPS) is 34.5. The number of ether oxygens (including phenoxy) is 6. The lowest BCUT2D eigenvalue weighted by Crippen LogP contribution is -2.45. The van der Waals surface area contributed by atoms with Crippen LogP contribution in [0.25, 0.3) is 0 Å². The van der Waals surface area contributed by atoms with Gasteiger partial charge in [0.25, 0.3) is 0 Å². The van der Waals surface area contributed by atoms with Crippen molar-refractivity contribution in [1.82, 2.24) is 0 Å². The van der Waals surface area contributed by atoms with E-state index in [2.05, 4.69) is 0 Å². The highest BCUT2D eigenvalue weighted by Crippen LogP contribution is 2.26. The van der Waals surface area contributed by atoms with Crippen LogP contribution < -0.4 is 0 Å². The van der Waals surface area contributed by atoms with Gasteiger partial charge in [0.1, 0.15) is 38.0 Å². The monoisotopic (exact) mass is 290 g/mol. The molecule has 0 radical (unpaired) electrons. The molecule has 0 saturated carbocycles. The first-order chi connectivity index (χ1) is 9.58. The summed E-state index contributed by atoms with van der Waals surface area (Å²) in [6, 6.07) is 0. The van der Waals surface area contributed by atoms with Crippen molar-refractivity contribution in [2.75, 3.05) is 26.8 Å². The van der Waals surface area contributed by atoms with Crippen molar-refractivity contribution in [3.63, 3.8) is 0 Å². The van der Waals surface area contributed by atoms with Crippen LogP contribution in [0.15, 0.2) is 0 Å². The Morgan fingerprint density at radius 2 is 1.15 bits per heavy atom. The maximum atomic E-state index is 5.66. The van der Waals surface area contributed by atoms with Gasteiger partial charge >= 0.3 is 0 Å². The summed E-state index contributed by atoms with van der Waals surface area (Å²) in [5, 5.41) is 0.